The molecule has 0 fully saturated rings. The zero-order valence-electron chi connectivity index (χ0n) is 15.1. The Hall–Kier alpha value is -3.15. The molecule has 0 aliphatic carbocycles. The summed E-state index contributed by atoms with van der Waals surface area (Å²) in [6, 6.07) is 12.7. The topological polar surface area (TPSA) is 101 Å². The Labute approximate surface area is 152 Å². The number of benzene rings is 2. The first-order chi connectivity index (χ1) is 12.3. The van der Waals surface area contributed by atoms with Crippen molar-refractivity contribution in [1.82, 2.24) is 5.32 Å². The van der Waals surface area contributed by atoms with Gasteiger partial charge in [0.2, 0.25) is 11.8 Å². The van der Waals surface area contributed by atoms with Crippen molar-refractivity contribution in [3.05, 3.63) is 65.2 Å². The van der Waals surface area contributed by atoms with Gasteiger partial charge >= 0.3 is 0 Å². The normalized spacial score (nSPS) is 11.7. The third-order valence-corrected chi connectivity index (χ3v) is 3.95. The largest absolute Gasteiger partial charge is 0.366 e. The third kappa shape index (κ3) is 4.92. The number of nitrogens with two attached hydrogens (primary N) is 1. The van der Waals surface area contributed by atoms with Gasteiger partial charge in [-0.2, -0.15) is 0 Å². The molecule has 3 amide bonds. The van der Waals surface area contributed by atoms with Crippen molar-refractivity contribution >= 4 is 23.4 Å². The smallest absolute Gasteiger partial charge is 0.251 e. The number of nitrogens with one attached hydrogen (secondary N) is 2. The van der Waals surface area contributed by atoms with Gasteiger partial charge in [0.1, 0.15) is 6.04 Å². The Morgan fingerprint density at radius 3 is 2.15 bits per heavy atom. The lowest BCUT2D eigenvalue weighted by Gasteiger charge is -2.22. The summed E-state index contributed by atoms with van der Waals surface area (Å²) in [4.78, 5) is 36.1. The molecule has 0 radical (unpaired) electrons. The average molecular weight is 353 g/mol. The van der Waals surface area contributed by atoms with Crippen LogP contribution in [0.25, 0.3) is 0 Å². The summed E-state index contributed by atoms with van der Waals surface area (Å²) in [5.74, 6) is -1.26. The van der Waals surface area contributed by atoms with Crippen LogP contribution in [0, 0.1) is 12.8 Å². The lowest BCUT2D eigenvalue weighted by molar-refractivity contribution is -0.118. The fourth-order valence-corrected chi connectivity index (χ4v) is 2.48. The van der Waals surface area contributed by atoms with E-state index in [1.54, 1.807) is 30.3 Å². The number of rotatable bonds is 6. The molecule has 0 saturated heterocycles. The van der Waals surface area contributed by atoms with Crippen LogP contribution in [0.3, 0.4) is 0 Å². The lowest BCUT2D eigenvalue weighted by atomic mass is 10.0. The second-order valence-corrected chi connectivity index (χ2v) is 6.50. The highest BCUT2D eigenvalue weighted by molar-refractivity contribution is 6.01. The number of carbonyl (C=O) groups excluding carboxylic acids is 3. The molecule has 4 N–H and O–H groups in total. The van der Waals surface area contributed by atoms with Crippen molar-refractivity contribution in [2.24, 2.45) is 11.7 Å². The van der Waals surface area contributed by atoms with E-state index in [1.165, 1.54) is 12.1 Å². The van der Waals surface area contributed by atoms with Crippen LogP contribution in [0.1, 0.15) is 40.1 Å². The molecule has 0 aliphatic heterocycles. The number of aryl methyl sites for hydroxylation is 1. The van der Waals surface area contributed by atoms with E-state index in [-0.39, 0.29) is 17.7 Å². The van der Waals surface area contributed by atoms with Crippen LogP contribution >= 0.6 is 0 Å². The summed E-state index contributed by atoms with van der Waals surface area (Å²) < 4.78 is 0. The molecule has 136 valence electrons. The van der Waals surface area contributed by atoms with Crippen LogP contribution < -0.4 is 16.4 Å². The van der Waals surface area contributed by atoms with Crippen molar-refractivity contribution in [2.45, 2.75) is 26.8 Å². The summed E-state index contributed by atoms with van der Waals surface area (Å²) in [5, 5.41) is 5.54. The summed E-state index contributed by atoms with van der Waals surface area (Å²) in [5.41, 5.74) is 7.56. The number of hydrogen-bond acceptors (Lipinski definition) is 3. The van der Waals surface area contributed by atoms with E-state index in [4.69, 9.17) is 5.73 Å². The van der Waals surface area contributed by atoms with E-state index in [2.05, 4.69) is 10.6 Å². The molecule has 6 nitrogen and oxygen atoms in total. The van der Waals surface area contributed by atoms with Crippen LogP contribution in [-0.2, 0) is 4.79 Å². The highest BCUT2D eigenvalue weighted by atomic mass is 16.2. The monoisotopic (exact) mass is 353 g/mol. The third-order valence-electron chi connectivity index (χ3n) is 3.95. The molecule has 2 aromatic carbocycles. The van der Waals surface area contributed by atoms with Crippen molar-refractivity contribution in [2.75, 3.05) is 5.32 Å². The summed E-state index contributed by atoms with van der Waals surface area (Å²) in [6.45, 7) is 5.62. The first-order valence-corrected chi connectivity index (χ1v) is 8.36. The second-order valence-electron chi connectivity index (χ2n) is 6.50. The van der Waals surface area contributed by atoms with Crippen LogP contribution in [0.5, 0.6) is 0 Å². The number of anilines is 1. The quantitative estimate of drug-likeness (QED) is 0.743. The molecule has 0 aromatic heterocycles. The Balaban J connectivity index is 2.09. The SMILES string of the molecule is Cc1cccc(C(=O)NC(C(=O)Nc2ccc(C(N)=O)cc2)C(C)C)c1. The van der Waals surface area contributed by atoms with Gasteiger partial charge in [-0.3, -0.25) is 14.4 Å². The van der Waals surface area contributed by atoms with Gasteiger partial charge in [0.15, 0.2) is 0 Å². The molecule has 0 aliphatic rings. The zero-order valence-corrected chi connectivity index (χ0v) is 15.1. The maximum Gasteiger partial charge on any atom is 0.251 e. The molecule has 2 aromatic rings. The first kappa shape index (κ1) is 19.2. The van der Waals surface area contributed by atoms with Gasteiger partial charge in [-0.05, 0) is 49.2 Å². The molecule has 1 unspecified atom stereocenters. The Bertz CT molecular complexity index is 813. The minimum atomic E-state index is -0.696. The number of amides is 3. The number of carbonyl (C=O) groups is 3. The standard InChI is InChI=1S/C20H23N3O3/c1-12(2)17(23-19(25)15-6-4-5-13(3)11-15)20(26)22-16-9-7-14(8-10-16)18(21)24/h4-12,17H,1-3H3,(H2,21,24)(H,22,26)(H,23,25). The van der Waals surface area contributed by atoms with Crippen LogP contribution in [0.4, 0.5) is 5.69 Å². The van der Waals surface area contributed by atoms with Gasteiger partial charge in [-0.25, -0.2) is 0 Å². The Morgan fingerprint density at radius 2 is 1.62 bits per heavy atom. The van der Waals surface area contributed by atoms with E-state index in [1.807, 2.05) is 26.8 Å². The van der Waals surface area contributed by atoms with Crippen molar-refractivity contribution in [1.29, 1.82) is 0 Å². The van der Waals surface area contributed by atoms with Gasteiger partial charge < -0.3 is 16.4 Å². The summed E-state index contributed by atoms with van der Waals surface area (Å²) in [7, 11) is 0. The average Bonchev–Trinajstić information content (AvgIpc) is 2.59. The molecule has 0 saturated carbocycles. The van der Waals surface area contributed by atoms with Crippen molar-refractivity contribution in [3.8, 4) is 0 Å². The Morgan fingerprint density at radius 1 is 0.962 bits per heavy atom. The van der Waals surface area contributed by atoms with Gasteiger partial charge in [0.05, 0.1) is 0 Å². The maximum absolute atomic E-state index is 12.6. The highest BCUT2D eigenvalue weighted by Crippen LogP contribution is 2.12. The molecule has 0 spiro atoms. The van der Waals surface area contributed by atoms with Gasteiger partial charge in [-0.1, -0.05) is 31.5 Å². The fraction of sp³-hybridized carbons (Fsp3) is 0.250. The molecule has 2 rings (SSSR count). The van der Waals surface area contributed by atoms with E-state index < -0.39 is 11.9 Å². The number of hydrogen-bond donors (Lipinski definition) is 3. The molecule has 6 heteroatoms. The summed E-state index contributed by atoms with van der Waals surface area (Å²) in [6.07, 6.45) is 0. The van der Waals surface area contributed by atoms with Gasteiger partial charge in [-0.15, -0.1) is 0 Å². The minimum absolute atomic E-state index is 0.103. The van der Waals surface area contributed by atoms with Crippen molar-refractivity contribution < 1.29 is 14.4 Å². The molecule has 0 heterocycles. The van der Waals surface area contributed by atoms with E-state index >= 15 is 0 Å². The van der Waals surface area contributed by atoms with Gasteiger partial charge in [0.25, 0.3) is 5.91 Å². The molecular weight excluding hydrogens is 330 g/mol. The predicted octanol–water partition coefficient (Wildman–Crippen LogP) is 2.49. The number of primary amides is 1. The van der Waals surface area contributed by atoms with E-state index in [0.29, 0.717) is 16.8 Å². The minimum Gasteiger partial charge on any atom is -0.366 e. The second kappa shape index (κ2) is 8.29. The maximum atomic E-state index is 12.6. The summed E-state index contributed by atoms with van der Waals surface area (Å²) >= 11 is 0. The first-order valence-electron chi connectivity index (χ1n) is 8.36. The fourth-order valence-electron chi connectivity index (χ4n) is 2.48. The Kier molecular flexibility index (Phi) is 6.11. The van der Waals surface area contributed by atoms with E-state index in [9.17, 15) is 14.4 Å². The molecular formula is C20H23N3O3. The molecule has 0 bridgehead atoms. The highest BCUT2D eigenvalue weighted by Gasteiger charge is 2.24. The predicted molar refractivity (Wildman–Crippen MR) is 101 cm³/mol. The van der Waals surface area contributed by atoms with Crippen LogP contribution in [0.15, 0.2) is 48.5 Å². The van der Waals surface area contributed by atoms with Crippen LogP contribution in [-0.4, -0.2) is 23.8 Å². The van der Waals surface area contributed by atoms with Crippen LogP contribution in [0.2, 0.25) is 0 Å². The van der Waals surface area contributed by atoms with Crippen molar-refractivity contribution in [3.63, 3.8) is 0 Å². The zero-order chi connectivity index (χ0) is 19.3. The molecule has 26 heavy (non-hydrogen) atoms. The van der Waals surface area contributed by atoms with E-state index in [0.717, 1.165) is 5.56 Å². The lowest BCUT2D eigenvalue weighted by Crippen LogP contribution is -2.47. The van der Waals surface area contributed by atoms with Gasteiger partial charge in [0, 0.05) is 16.8 Å². The molecule has 1 atom stereocenters.